The summed E-state index contributed by atoms with van der Waals surface area (Å²) in [5.74, 6) is 0.855. The van der Waals surface area contributed by atoms with Crippen molar-refractivity contribution in [2.45, 2.75) is 25.7 Å². The Morgan fingerprint density at radius 3 is 2.57 bits per heavy atom. The van der Waals surface area contributed by atoms with Crippen molar-refractivity contribution in [3.63, 3.8) is 0 Å². The number of anilines is 2. The molecule has 2 aliphatic rings. The topological polar surface area (TPSA) is 112 Å². The lowest BCUT2D eigenvalue weighted by atomic mass is 9.96. The Kier molecular flexibility index (Phi) is 6.89. The van der Waals surface area contributed by atoms with Crippen LogP contribution in [0.25, 0.3) is 11.4 Å². The van der Waals surface area contributed by atoms with Crippen LogP contribution in [-0.2, 0) is 9.59 Å². The van der Waals surface area contributed by atoms with Crippen molar-refractivity contribution in [1.82, 2.24) is 20.4 Å². The van der Waals surface area contributed by atoms with Gasteiger partial charge in [-0.05, 0) is 50.1 Å². The van der Waals surface area contributed by atoms with E-state index in [4.69, 9.17) is 4.52 Å². The second-order valence-corrected chi connectivity index (χ2v) is 9.36. The van der Waals surface area contributed by atoms with Crippen molar-refractivity contribution < 1.29 is 18.9 Å². The summed E-state index contributed by atoms with van der Waals surface area (Å²) in [5, 5.41) is 6.91. The van der Waals surface area contributed by atoms with Gasteiger partial charge in [0.15, 0.2) is 0 Å². The van der Waals surface area contributed by atoms with Gasteiger partial charge in [0.1, 0.15) is 0 Å². The van der Waals surface area contributed by atoms with Gasteiger partial charge in [0.25, 0.3) is 5.91 Å². The number of amides is 3. The molecule has 3 heterocycles. The molecule has 2 aromatic carbocycles. The number of carbonyl (C=O) groups is 3. The number of hydrogen-bond donors (Lipinski definition) is 1. The fourth-order valence-corrected chi connectivity index (χ4v) is 4.90. The molecule has 0 aliphatic carbocycles. The summed E-state index contributed by atoms with van der Waals surface area (Å²) in [6, 6.07) is 14.7. The molecule has 5 rings (SSSR count). The molecule has 1 saturated heterocycles. The molecular formula is C27H30N6O4. The van der Waals surface area contributed by atoms with Gasteiger partial charge in [-0.25, -0.2) is 0 Å². The van der Waals surface area contributed by atoms with Gasteiger partial charge in [0, 0.05) is 43.7 Å². The Labute approximate surface area is 215 Å². The minimum atomic E-state index is -0.260. The third-order valence-electron chi connectivity index (χ3n) is 7.00. The van der Waals surface area contributed by atoms with Gasteiger partial charge in [0.05, 0.1) is 24.5 Å². The average molecular weight is 503 g/mol. The van der Waals surface area contributed by atoms with E-state index in [0.29, 0.717) is 56.3 Å². The molecular weight excluding hydrogens is 472 g/mol. The van der Waals surface area contributed by atoms with E-state index in [1.165, 1.54) is 0 Å². The first-order valence-corrected chi connectivity index (χ1v) is 12.5. The third kappa shape index (κ3) is 5.04. The standard InChI is InChI=1S/C27H30N6O4/c1-3-33-21-10-9-20(15-22(21)31(2)17-24(33)35)25-29-27(37-30-25)19-11-13-32(14-12-19)23(34)16-28-26(36)18-7-5-4-6-8-18/h4-10,15,19H,3,11-14,16-17H2,1-2H3,(H,28,36). The second-order valence-electron chi connectivity index (χ2n) is 9.36. The van der Waals surface area contributed by atoms with E-state index < -0.39 is 0 Å². The lowest BCUT2D eigenvalue weighted by Gasteiger charge is -2.34. The zero-order chi connectivity index (χ0) is 25.9. The lowest BCUT2D eigenvalue weighted by molar-refractivity contribution is -0.131. The molecule has 10 nitrogen and oxygen atoms in total. The molecule has 1 N–H and O–H groups in total. The predicted molar refractivity (Wildman–Crippen MR) is 138 cm³/mol. The van der Waals surface area contributed by atoms with E-state index in [9.17, 15) is 14.4 Å². The normalized spacial score (nSPS) is 16.1. The first-order valence-electron chi connectivity index (χ1n) is 12.5. The maximum Gasteiger partial charge on any atom is 0.251 e. The van der Waals surface area contributed by atoms with Gasteiger partial charge in [0.2, 0.25) is 23.5 Å². The van der Waals surface area contributed by atoms with Crippen LogP contribution >= 0.6 is 0 Å². The first kappa shape index (κ1) is 24.5. The molecule has 2 aliphatic heterocycles. The number of carbonyl (C=O) groups excluding carboxylic acids is 3. The molecule has 0 radical (unpaired) electrons. The molecule has 3 aromatic rings. The number of benzene rings is 2. The minimum absolute atomic E-state index is 0.0308. The molecule has 37 heavy (non-hydrogen) atoms. The Morgan fingerprint density at radius 1 is 1.08 bits per heavy atom. The largest absolute Gasteiger partial charge is 0.364 e. The predicted octanol–water partition coefficient (Wildman–Crippen LogP) is 2.68. The summed E-state index contributed by atoms with van der Waals surface area (Å²) in [7, 11) is 1.90. The van der Waals surface area contributed by atoms with Crippen LogP contribution in [0, 0.1) is 0 Å². The maximum absolute atomic E-state index is 12.6. The number of likely N-dealkylation sites (tertiary alicyclic amines) is 1. The highest BCUT2D eigenvalue weighted by Crippen LogP contribution is 2.36. The van der Waals surface area contributed by atoms with E-state index in [1.54, 1.807) is 34.1 Å². The van der Waals surface area contributed by atoms with Crippen LogP contribution in [0.4, 0.5) is 11.4 Å². The van der Waals surface area contributed by atoms with E-state index in [0.717, 1.165) is 16.9 Å². The highest BCUT2D eigenvalue weighted by atomic mass is 16.5. The smallest absolute Gasteiger partial charge is 0.251 e. The van der Waals surface area contributed by atoms with Crippen molar-refractivity contribution in [2.24, 2.45) is 0 Å². The van der Waals surface area contributed by atoms with Gasteiger partial charge in [-0.2, -0.15) is 4.98 Å². The molecule has 0 unspecified atom stereocenters. The van der Waals surface area contributed by atoms with Crippen LogP contribution < -0.4 is 15.1 Å². The highest BCUT2D eigenvalue weighted by Gasteiger charge is 2.29. The first-order chi connectivity index (χ1) is 17.9. The van der Waals surface area contributed by atoms with Crippen molar-refractivity contribution >= 4 is 29.1 Å². The Hall–Kier alpha value is -4.21. The molecule has 1 fully saturated rings. The molecule has 0 atom stereocenters. The molecule has 0 bridgehead atoms. The number of nitrogens with zero attached hydrogens (tertiary/aromatic N) is 5. The van der Waals surface area contributed by atoms with Crippen LogP contribution in [0.5, 0.6) is 0 Å². The second kappa shape index (κ2) is 10.4. The summed E-state index contributed by atoms with van der Waals surface area (Å²) in [5.41, 5.74) is 3.19. The number of hydrogen-bond acceptors (Lipinski definition) is 7. The molecule has 10 heteroatoms. The summed E-state index contributed by atoms with van der Waals surface area (Å²) in [6.07, 6.45) is 1.42. The Bertz CT molecular complexity index is 1300. The van der Waals surface area contributed by atoms with Crippen LogP contribution in [0.1, 0.15) is 41.9 Å². The van der Waals surface area contributed by atoms with Gasteiger partial charge in [-0.1, -0.05) is 23.4 Å². The summed E-state index contributed by atoms with van der Waals surface area (Å²) in [4.78, 5) is 47.3. The molecule has 192 valence electrons. The van der Waals surface area contributed by atoms with E-state index in [-0.39, 0.29) is 30.2 Å². The number of rotatable bonds is 6. The number of nitrogens with one attached hydrogen (secondary N) is 1. The fourth-order valence-electron chi connectivity index (χ4n) is 4.90. The van der Waals surface area contributed by atoms with Crippen LogP contribution in [0.2, 0.25) is 0 Å². The van der Waals surface area contributed by atoms with Crippen LogP contribution in [0.3, 0.4) is 0 Å². The SMILES string of the molecule is CCN1C(=O)CN(C)c2cc(-c3noc(C4CCN(C(=O)CNC(=O)c5ccccc5)CC4)n3)ccc21. The minimum Gasteiger partial charge on any atom is -0.364 e. The maximum atomic E-state index is 12.6. The Balaban J connectivity index is 1.18. The molecule has 3 amide bonds. The van der Waals surface area contributed by atoms with Crippen molar-refractivity contribution in [1.29, 1.82) is 0 Å². The van der Waals surface area contributed by atoms with Gasteiger partial charge < -0.3 is 24.5 Å². The number of fused-ring (bicyclic) bond motifs is 1. The van der Waals surface area contributed by atoms with E-state index in [1.807, 2.05) is 43.1 Å². The van der Waals surface area contributed by atoms with Gasteiger partial charge in [-0.15, -0.1) is 0 Å². The molecule has 1 aromatic heterocycles. The van der Waals surface area contributed by atoms with Gasteiger partial charge in [-0.3, -0.25) is 14.4 Å². The molecule has 0 saturated carbocycles. The summed E-state index contributed by atoms with van der Waals surface area (Å²) >= 11 is 0. The van der Waals surface area contributed by atoms with Crippen LogP contribution in [0.15, 0.2) is 53.1 Å². The van der Waals surface area contributed by atoms with Crippen molar-refractivity contribution in [2.75, 3.05) is 49.6 Å². The highest BCUT2D eigenvalue weighted by molar-refractivity contribution is 6.03. The Morgan fingerprint density at radius 2 is 1.84 bits per heavy atom. The monoisotopic (exact) mass is 502 g/mol. The van der Waals surface area contributed by atoms with E-state index >= 15 is 0 Å². The van der Waals surface area contributed by atoms with E-state index in [2.05, 4.69) is 15.5 Å². The third-order valence-corrected chi connectivity index (χ3v) is 7.00. The number of likely N-dealkylation sites (N-methyl/N-ethyl adjacent to an activating group) is 2. The zero-order valence-electron chi connectivity index (χ0n) is 21.0. The molecule has 0 spiro atoms. The van der Waals surface area contributed by atoms with Crippen molar-refractivity contribution in [3.05, 3.63) is 60.0 Å². The summed E-state index contributed by atoms with van der Waals surface area (Å²) < 4.78 is 5.61. The number of aromatic nitrogens is 2. The number of piperidine rings is 1. The summed E-state index contributed by atoms with van der Waals surface area (Å²) in [6.45, 7) is 4.00. The average Bonchev–Trinajstić information content (AvgIpc) is 3.43. The van der Waals surface area contributed by atoms with Gasteiger partial charge >= 0.3 is 0 Å². The zero-order valence-corrected chi connectivity index (χ0v) is 21.0. The fraction of sp³-hybridized carbons (Fsp3) is 0.370. The lowest BCUT2D eigenvalue weighted by Crippen LogP contribution is -2.44. The van der Waals surface area contributed by atoms with Crippen LogP contribution in [-0.4, -0.2) is 72.5 Å². The van der Waals surface area contributed by atoms with Crippen molar-refractivity contribution in [3.8, 4) is 11.4 Å². The quantitative estimate of drug-likeness (QED) is 0.552.